The Morgan fingerprint density at radius 3 is 3.00 bits per heavy atom. The number of nitrogens with zero attached hydrogens (tertiary/aromatic N) is 1. The molecule has 3 heteroatoms. The minimum Gasteiger partial charge on any atom is -0.497 e. The predicted molar refractivity (Wildman–Crippen MR) is 66.2 cm³/mol. The smallest absolute Gasteiger partial charge is 0.119 e. The summed E-state index contributed by atoms with van der Waals surface area (Å²) < 4.78 is 5.26. The number of ether oxygens (including phenoxy) is 1. The van der Waals surface area contributed by atoms with Gasteiger partial charge in [0.2, 0.25) is 0 Å². The number of aromatic nitrogens is 1. The minimum absolute atomic E-state index is 0.948. The van der Waals surface area contributed by atoms with Crippen molar-refractivity contribution in [3.05, 3.63) is 34.5 Å². The standard InChI is InChI=1S/C13H13NOS/c1-8-14-12-6-3-9-7-10(15-2)4-5-11(9)13(12)16-8/h4-5,7H,3,6H2,1-2H3. The van der Waals surface area contributed by atoms with E-state index in [1.807, 2.05) is 6.07 Å². The third-order valence-electron chi connectivity index (χ3n) is 2.99. The maximum Gasteiger partial charge on any atom is 0.119 e. The first kappa shape index (κ1) is 9.85. The minimum atomic E-state index is 0.948. The lowest BCUT2D eigenvalue weighted by Gasteiger charge is -2.15. The second-order valence-electron chi connectivity index (χ2n) is 4.03. The zero-order chi connectivity index (χ0) is 11.1. The summed E-state index contributed by atoms with van der Waals surface area (Å²) in [5.74, 6) is 0.948. The quantitative estimate of drug-likeness (QED) is 0.751. The Morgan fingerprint density at radius 2 is 2.19 bits per heavy atom. The van der Waals surface area contributed by atoms with Crippen molar-refractivity contribution in [1.29, 1.82) is 0 Å². The van der Waals surface area contributed by atoms with Gasteiger partial charge in [0.15, 0.2) is 0 Å². The van der Waals surface area contributed by atoms with E-state index in [-0.39, 0.29) is 0 Å². The average molecular weight is 231 g/mol. The Balaban J connectivity index is 2.17. The summed E-state index contributed by atoms with van der Waals surface area (Å²) in [6, 6.07) is 6.33. The summed E-state index contributed by atoms with van der Waals surface area (Å²) in [5.41, 5.74) is 3.99. The van der Waals surface area contributed by atoms with Crippen molar-refractivity contribution in [1.82, 2.24) is 4.98 Å². The van der Waals surface area contributed by atoms with Crippen LogP contribution in [0.5, 0.6) is 5.75 Å². The van der Waals surface area contributed by atoms with Gasteiger partial charge in [0.1, 0.15) is 5.75 Å². The van der Waals surface area contributed by atoms with E-state index in [2.05, 4.69) is 24.0 Å². The molecule has 0 saturated carbocycles. The van der Waals surface area contributed by atoms with Gasteiger partial charge in [0, 0.05) is 0 Å². The maximum atomic E-state index is 5.26. The van der Waals surface area contributed by atoms with Gasteiger partial charge in [-0.25, -0.2) is 4.98 Å². The van der Waals surface area contributed by atoms with Gasteiger partial charge in [-0.15, -0.1) is 11.3 Å². The molecule has 0 atom stereocenters. The van der Waals surface area contributed by atoms with Crippen molar-refractivity contribution < 1.29 is 4.74 Å². The van der Waals surface area contributed by atoms with E-state index in [1.165, 1.54) is 21.7 Å². The molecule has 1 aromatic carbocycles. The van der Waals surface area contributed by atoms with E-state index in [0.29, 0.717) is 0 Å². The Kier molecular flexibility index (Phi) is 2.21. The van der Waals surface area contributed by atoms with Gasteiger partial charge >= 0.3 is 0 Å². The van der Waals surface area contributed by atoms with Gasteiger partial charge in [0.25, 0.3) is 0 Å². The Hall–Kier alpha value is -1.35. The largest absolute Gasteiger partial charge is 0.497 e. The van der Waals surface area contributed by atoms with Gasteiger partial charge in [-0.1, -0.05) is 0 Å². The summed E-state index contributed by atoms with van der Waals surface area (Å²) in [6.45, 7) is 2.08. The van der Waals surface area contributed by atoms with E-state index in [4.69, 9.17) is 4.74 Å². The van der Waals surface area contributed by atoms with Crippen molar-refractivity contribution in [3.8, 4) is 16.2 Å². The number of aryl methyl sites for hydroxylation is 3. The molecule has 1 heterocycles. The summed E-state index contributed by atoms with van der Waals surface area (Å²) in [6.07, 6.45) is 2.13. The first-order chi connectivity index (χ1) is 7.78. The lowest BCUT2D eigenvalue weighted by molar-refractivity contribution is 0.414. The maximum absolute atomic E-state index is 5.26. The zero-order valence-corrected chi connectivity index (χ0v) is 10.2. The van der Waals surface area contributed by atoms with Crippen LogP contribution >= 0.6 is 11.3 Å². The topological polar surface area (TPSA) is 22.1 Å². The third kappa shape index (κ3) is 1.43. The average Bonchev–Trinajstić information content (AvgIpc) is 2.69. The molecule has 1 aliphatic rings. The molecule has 82 valence electrons. The molecular weight excluding hydrogens is 218 g/mol. The fraction of sp³-hybridized carbons (Fsp3) is 0.308. The monoisotopic (exact) mass is 231 g/mol. The fourth-order valence-electron chi connectivity index (χ4n) is 2.23. The fourth-order valence-corrected chi connectivity index (χ4v) is 3.25. The summed E-state index contributed by atoms with van der Waals surface area (Å²) in [7, 11) is 1.72. The third-order valence-corrected chi connectivity index (χ3v) is 4.04. The molecule has 3 rings (SSSR count). The van der Waals surface area contributed by atoms with Crippen LogP contribution in [0.1, 0.15) is 16.3 Å². The second-order valence-corrected chi connectivity index (χ2v) is 5.23. The molecule has 0 unspecified atom stereocenters. The lowest BCUT2D eigenvalue weighted by atomic mass is 9.94. The molecule has 1 aromatic heterocycles. The normalized spacial score (nSPS) is 13.1. The van der Waals surface area contributed by atoms with Crippen LogP contribution in [0.25, 0.3) is 10.4 Å². The molecule has 0 saturated heterocycles. The molecule has 0 bridgehead atoms. The van der Waals surface area contributed by atoms with E-state index in [0.717, 1.165) is 23.6 Å². The summed E-state index contributed by atoms with van der Waals surface area (Å²) in [4.78, 5) is 5.93. The van der Waals surface area contributed by atoms with Crippen LogP contribution < -0.4 is 4.74 Å². The number of hydrogen-bond acceptors (Lipinski definition) is 3. The second kappa shape index (κ2) is 3.59. The van der Waals surface area contributed by atoms with Crippen LogP contribution in [0.4, 0.5) is 0 Å². The highest BCUT2D eigenvalue weighted by molar-refractivity contribution is 7.15. The SMILES string of the molecule is COc1ccc2c(c1)CCc1nc(C)sc1-2. The molecule has 16 heavy (non-hydrogen) atoms. The number of fused-ring (bicyclic) bond motifs is 3. The Labute approximate surface area is 98.9 Å². The highest BCUT2D eigenvalue weighted by Gasteiger charge is 2.19. The van der Waals surface area contributed by atoms with Crippen molar-refractivity contribution in [2.24, 2.45) is 0 Å². The van der Waals surface area contributed by atoms with E-state index < -0.39 is 0 Å². The van der Waals surface area contributed by atoms with Gasteiger partial charge in [-0.05, 0) is 49.1 Å². The highest BCUT2D eigenvalue weighted by Crippen LogP contribution is 2.38. The number of rotatable bonds is 1. The van der Waals surface area contributed by atoms with Crippen molar-refractivity contribution in [2.75, 3.05) is 7.11 Å². The first-order valence-corrected chi connectivity index (χ1v) is 6.23. The molecule has 0 fully saturated rings. The molecule has 0 aliphatic heterocycles. The van der Waals surface area contributed by atoms with Crippen LogP contribution in [0.15, 0.2) is 18.2 Å². The number of thiazole rings is 1. The summed E-state index contributed by atoms with van der Waals surface area (Å²) >= 11 is 1.79. The zero-order valence-electron chi connectivity index (χ0n) is 9.41. The van der Waals surface area contributed by atoms with Gasteiger partial charge < -0.3 is 4.74 Å². The van der Waals surface area contributed by atoms with E-state index >= 15 is 0 Å². The van der Waals surface area contributed by atoms with Crippen LogP contribution in [-0.2, 0) is 12.8 Å². The first-order valence-electron chi connectivity index (χ1n) is 5.41. The molecule has 0 radical (unpaired) electrons. The van der Waals surface area contributed by atoms with Crippen molar-refractivity contribution in [2.45, 2.75) is 19.8 Å². The van der Waals surface area contributed by atoms with Crippen LogP contribution in [0.3, 0.4) is 0 Å². The van der Waals surface area contributed by atoms with Crippen molar-refractivity contribution in [3.63, 3.8) is 0 Å². The van der Waals surface area contributed by atoms with Gasteiger partial charge in [-0.2, -0.15) is 0 Å². The van der Waals surface area contributed by atoms with E-state index in [9.17, 15) is 0 Å². The molecule has 0 N–H and O–H groups in total. The Bertz CT molecular complexity index is 545. The lowest BCUT2D eigenvalue weighted by Crippen LogP contribution is -2.02. The van der Waals surface area contributed by atoms with Crippen LogP contribution in [0.2, 0.25) is 0 Å². The van der Waals surface area contributed by atoms with Crippen LogP contribution in [0, 0.1) is 6.92 Å². The molecule has 0 spiro atoms. The van der Waals surface area contributed by atoms with Crippen molar-refractivity contribution >= 4 is 11.3 Å². The summed E-state index contributed by atoms with van der Waals surface area (Å²) in [5, 5.41) is 1.16. The number of methoxy groups -OCH3 is 1. The molecule has 2 nitrogen and oxygen atoms in total. The molecule has 1 aliphatic carbocycles. The molecular formula is C13H13NOS. The van der Waals surface area contributed by atoms with Crippen LogP contribution in [-0.4, -0.2) is 12.1 Å². The van der Waals surface area contributed by atoms with Gasteiger partial charge in [-0.3, -0.25) is 0 Å². The molecule has 2 aromatic rings. The number of hydrogen-bond donors (Lipinski definition) is 0. The Morgan fingerprint density at radius 1 is 1.31 bits per heavy atom. The molecule has 0 amide bonds. The number of benzene rings is 1. The van der Waals surface area contributed by atoms with Gasteiger partial charge in [0.05, 0.1) is 22.7 Å². The van der Waals surface area contributed by atoms with E-state index in [1.54, 1.807) is 18.4 Å². The predicted octanol–water partition coefficient (Wildman–Crippen LogP) is 3.23. The highest BCUT2D eigenvalue weighted by atomic mass is 32.1.